The van der Waals surface area contributed by atoms with Crippen LogP contribution in [-0.4, -0.2) is 18.6 Å². The highest BCUT2D eigenvalue weighted by molar-refractivity contribution is 5.78. The van der Waals surface area contributed by atoms with Gasteiger partial charge in [0.15, 0.2) is 0 Å². The second kappa shape index (κ2) is 6.50. The number of carbonyl (C=O) groups is 1. The molecule has 3 nitrogen and oxygen atoms in total. The van der Waals surface area contributed by atoms with E-state index in [2.05, 4.69) is 10.1 Å². The SMILES string of the molecule is O=C(Cc1ccc(OC(F)F)cc1)NC1CCCC1. The van der Waals surface area contributed by atoms with Crippen molar-refractivity contribution in [3.63, 3.8) is 0 Å². The molecule has 0 spiro atoms. The van der Waals surface area contributed by atoms with Crippen molar-refractivity contribution in [2.45, 2.75) is 44.8 Å². The first-order valence-corrected chi connectivity index (χ1v) is 6.46. The summed E-state index contributed by atoms with van der Waals surface area (Å²) < 4.78 is 28.2. The fraction of sp³-hybridized carbons (Fsp3) is 0.500. The minimum Gasteiger partial charge on any atom is -0.435 e. The Hall–Kier alpha value is -1.65. The fourth-order valence-electron chi connectivity index (χ4n) is 2.32. The molecule has 0 aliphatic heterocycles. The van der Waals surface area contributed by atoms with Gasteiger partial charge in [-0.15, -0.1) is 0 Å². The van der Waals surface area contributed by atoms with Gasteiger partial charge in [-0.05, 0) is 30.5 Å². The molecule has 1 aromatic rings. The van der Waals surface area contributed by atoms with Crippen molar-refractivity contribution in [3.8, 4) is 5.75 Å². The minimum absolute atomic E-state index is 0.0190. The van der Waals surface area contributed by atoms with Crippen molar-refractivity contribution in [2.24, 2.45) is 0 Å². The van der Waals surface area contributed by atoms with Crippen LogP contribution in [-0.2, 0) is 11.2 Å². The van der Waals surface area contributed by atoms with Gasteiger partial charge in [-0.2, -0.15) is 8.78 Å². The molecule has 0 saturated heterocycles. The zero-order valence-electron chi connectivity index (χ0n) is 10.6. The third-order valence-electron chi connectivity index (χ3n) is 3.23. The molecule has 1 aliphatic carbocycles. The number of halogens is 2. The summed E-state index contributed by atoms with van der Waals surface area (Å²) in [6, 6.07) is 6.46. The van der Waals surface area contributed by atoms with Crippen LogP contribution in [0.2, 0.25) is 0 Å². The zero-order chi connectivity index (χ0) is 13.7. The fourth-order valence-corrected chi connectivity index (χ4v) is 2.32. The highest BCUT2D eigenvalue weighted by Crippen LogP contribution is 2.18. The first-order valence-electron chi connectivity index (χ1n) is 6.46. The van der Waals surface area contributed by atoms with Gasteiger partial charge in [0, 0.05) is 6.04 Å². The van der Waals surface area contributed by atoms with Crippen LogP contribution in [0.15, 0.2) is 24.3 Å². The quantitative estimate of drug-likeness (QED) is 0.892. The van der Waals surface area contributed by atoms with Gasteiger partial charge in [0.25, 0.3) is 0 Å². The first-order chi connectivity index (χ1) is 9.13. The lowest BCUT2D eigenvalue weighted by Gasteiger charge is -2.12. The predicted octanol–water partition coefficient (Wildman–Crippen LogP) is 2.89. The van der Waals surface area contributed by atoms with Gasteiger partial charge in [-0.1, -0.05) is 25.0 Å². The summed E-state index contributed by atoms with van der Waals surface area (Å²) in [6.07, 6.45) is 4.71. The second-order valence-corrected chi connectivity index (χ2v) is 4.75. The van der Waals surface area contributed by atoms with E-state index >= 15 is 0 Å². The normalized spacial score (nSPS) is 15.7. The maximum Gasteiger partial charge on any atom is 0.387 e. The number of hydrogen-bond donors (Lipinski definition) is 1. The van der Waals surface area contributed by atoms with Crippen molar-refractivity contribution in [1.82, 2.24) is 5.32 Å². The molecule has 1 amide bonds. The number of alkyl halides is 2. The van der Waals surface area contributed by atoms with Crippen LogP contribution in [0, 0.1) is 0 Å². The molecule has 0 aromatic heterocycles. The molecule has 2 rings (SSSR count). The van der Waals surface area contributed by atoms with E-state index in [0.29, 0.717) is 6.04 Å². The van der Waals surface area contributed by atoms with E-state index in [-0.39, 0.29) is 18.1 Å². The highest BCUT2D eigenvalue weighted by atomic mass is 19.3. The van der Waals surface area contributed by atoms with E-state index < -0.39 is 6.61 Å². The Bertz CT molecular complexity index is 414. The van der Waals surface area contributed by atoms with E-state index in [0.717, 1.165) is 18.4 Å². The Balaban J connectivity index is 1.82. The van der Waals surface area contributed by atoms with Crippen molar-refractivity contribution in [2.75, 3.05) is 0 Å². The van der Waals surface area contributed by atoms with Gasteiger partial charge in [0.1, 0.15) is 5.75 Å². The lowest BCUT2D eigenvalue weighted by molar-refractivity contribution is -0.121. The third kappa shape index (κ3) is 4.50. The monoisotopic (exact) mass is 269 g/mol. The number of hydrogen-bond acceptors (Lipinski definition) is 2. The Morgan fingerprint density at radius 2 is 1.89 bits per heavy atom. The topological polar surface area (TPSA) is 38.3 Å². The molecule has 1 fully saturated rings. The van der Waals surface area contributed by atoms with Gasteiger partial charge in [-0.3, -0.25) is 4.79 Å². The molecule has 19 heavy (non-hydrogen) atoms. The smallest absolute Gasteiger partial charge is 0.387 e. The van der Waals surface area contributed by atoms with Crippen LogP contribution in [0.25, 0.3) is 0 Å². The molecule has 1 aromatic carbocycles. The molecule has 0 unspecified atom stereocenters. The summed E-state index contributed by atoms with van der Waals surface area (Å²) in [7, 11) is 0. The molecule has 0 radical (unpaired) electrons. The summed E-state index contributed by atoms with van der Waals surface area (Å²) >= 11 is 0. The molecule has 104 valence electrons. The van der Waals surface area contributed by atoms with Crippen LogP contribution < -0.4 is 10.1 Å². The summed E-state index contributed by atoms with van der Waals surface area (Å²) in [5.41, 5.74) is 0.789. The summed E-state index contributed by atoms with van der Waals surface area (Å²) in [6.45, 7) is -2.82. The molecule has 1 aliphatic rings. The van der Waals surface area contributed by atoms with Crippen LogP contribution in [0.5, 0.6) is 5.75 Å². The van der Waals surface area contributed by atoms with Crippen LogP contribution in [0.3, 0.4) is 0 Å². The number of ether oxygens (including phenoxy) is 1. The summed E-state index contributed by atoms with van der Waals surface area (Å²) in [5.74, 6) is 0.0874. The predicted molar refractivity (Wildman–Crippen MR) is 67.2 cm³/mol. The molecule has 1 saturated carbocycles. The van der Waals surface area contributed by atoms with Gasteiger partial charge < -0.3 is 10.1 Å². The molecule has 1 N–H and O–H groups in total. The number of rotatable bonds is 5. The Morgan fingerprint density at radius 3 is 2.47 bits per heavy atom. The number of amides is 1. The van der Waals surface area contributed by atoms with Crippen molar-refractivity contribution in [3.05, 3.63) is 29.8 Å². The number of benzene rings is 1. The van der Waals surface area contributed by atoms with Gasteiger partial charge in [0.05, 0.1) is 6.42 Å². The summed E-state index contributed by atoms with van der Waals surface area (Å²) in [4.78, 5) is 11.8. The third-order valence-corrected chi connectivity index (χ3v) is 3.23. The van der Waals surface area contributed by atoms with Crippen molar-refractivity contribution in [1.29, 1.82) is 0 Å². The molecule has 0 atom stereocenters. The maximum atomic E-state index is 12.0. The minimum atomic E-state index is -2.82. The van der Waals surface area contributed by atoms with Crippen LogP contribution in [0.4, 0.5) is 8.78 Å². The average molecular weight is 269 g/mol. The molecule has 0 bridgehead atoms. The maximum absolute atomic E-state index is 12.0. The van der Waals surface area contributed by atoms with Crippen LogP contribution in [0.1, 0.15) is 31.2 Å². The average Bonchev–Trinajstić information content (AvgIpc) is 2.83. The Kier molecular flexibility index (Phi) is 4.71. The lowest BCUT2D eigenvalue weighted by atomic mass is 10.1. The van der Waals surface area contributed by atoms with E-state index in [1.54, 1.807) is 12.1 Å². The Morgan fingerprint density at radius 1 is 1.26 bits per heavy atom. The van der Waals surface area contributed by atoms with Crippen molar-refractivity contribution >= 4 is 5.91 Å². The zero-order valence-corrected chi connectivity index (χ0v) is 10.6. The van der Waals surface area contributed by atoms with Crippen molar-refractivity contribution < 1.29 is 18.3 Å². The molecular weight excluding hydrogens is 252 g/mol. The van der Waals surface area contributed by atoms with E-state index in [1.165, 1.54) is 25.0 Å². The van der Waals surface area contributed by atoms with Gasteiger partial charge in [-0.25, -0.2) is 0 Å². The number of carbonyl (C=O) groups excluding carboxylic acids is 1. The molecule has 5 heteroatoms. The molecule has 0 heterocycles. The van der Waals surface area contributed by atoms with Crippen LogP contribution >= 0.6 is 0 Å². The van der Waals surface area contributed by atoms with Gasteiger partial charge >= 0.3 is 6.61 Å². The number of nitrogens with one attached hydrogen (secondary N) is 1. The lowest BCUT2D eigenvalue weighted by Crippen LogP contribution is -2.33. The Labute approximate surface area is 111 Å². The largest absolute Gasteiger partial charge is 0.435 e. The first kappa shape index (κ1) is 13.8. The summed E-state index contributed by atoms with van der Waals surface area (Å²) in [5, 5.41) is 2.98. The standard InChI is InChI=1S/C14H17F2NO2/c15-14(16)19-12-7-5-10(6-8-12)9-13(18)17-11-3-1-2-4-11/h5-8,11,14H,1-4,9H2,(H,17,18). The molecular formula is C14H17F2NO2. The second-order valence-electron chi connectivity index (χ2n) is 4.75. The van der Waals surface area contributed by atoms with E-state index in [9.17, 15) is 13.6 Å². The highest BCUT2D eigenvalue weighted by Gasteiger charge is 2.17. The van der Waals surface area contributed by atoms with Gasteiger partial charge in [0.2, 0.25) is 5.91 Å². The van der Waals surface area contributed by atoms with E-state index in [4.69, 9.17) is 0 Å². The van der Waals surface area contributed by atoms with E-state index in [1.807, 2.05) is 0 Å².